The highest BCUT2D eigenvalue weighted by Crippen LogP contribution is 2.26. The third-order valence-corrected chi connectivity index (χ3v) is 4.73. The molecule has 3 heterocycles. The fraction of sp³-hybridized carbons (Fsp3) is 1.00. The number of fused-ring (bicyclic) bond motifs is 2. The standard InChI is InChI=1S/C6H14O4.C6H10O3.C6H12O3.2H2O.2H2/c7-3-5(9)1-2-6(10)4-8;7-5-2-1-4-3-8-6(5)9-4;7-3-5-1-2-6(4-8)9-5;;;;/h5-10H,1-4H2;4-7H,1-3H2;5-8H,1-4H2;2*1H2;2*1H. The van der Waals surface area contributed by atoms with Crippen molar-refractivity contribution in [1.29, 1.82) is 0 Å². The molecule has 3 aliphatic rings. The van der Waals surface area contributed by atoms with Crippen molar-refractivity contribution in [3.63, 3.8) is 0 Å². The molecule has 3 rings (SSSR count). The van der Waals surface area contributed by atoms with E-state index in [1.54, 1.807) is 0 Å². The normalized spacial score (nSPS) is 31.1. The molecular formula is C18H44O12. The molecule has 0 aromatic rings. The lowest BCUT2D eigenvalue weighted by Gasteiger charge is -2.22. The van der Waals surface area contributed by atoms with Gasteiger partial charge >= 0.3 is 0 Å². The molecule has 3 aliphatic heterocycles. The van der Waals surface area contributed by atoms with Crippen LogP contribution in [0.3, 0.4) is 0 Å². The van der Waals surface area contributed by atoms with Crippen molar-refractivity contribution in [2.45, 2.75) is 81.4 Å². The summed E-state index contributed by atoms with van der Waals surface area (Å²) in [5, 5.41) is 60.5. The van der Waals surface area contributed by atoms with Gasteiger partial charge in [-0.05, 0) is 38.5 Å². The molecule has 0 amide bonds. The van der Waals surface area contributed by atoms with Crippen LogP contribution >= 0.6 is 0 Å². The van der Waals surface area contributed by atoms with Crippen molar-refractivity contribution in [2.24, 2.45) is 0 Å². The molecule has 0 radical (unpaired) electrons. The Labute approximate surface area is 179 Å². The molecule has 7 unspecified atom stereocenters. The van der Waals surface area contributed by atoms with E-state index in [0.29, 0.717) is 19.4 Å². The van der Waals surface area contributed by atoms with Gasteiger partial charge in [-0.2, -0.15) is 0 Å². The van der Waals surface area contributed by atoms with Gasteiger partial charge in [-0.3, -0.25) is 0 Å². The number of hydrogen-bond donors (Lipinski definition) is 7. The van der Waals surface area contributed by atoms with E-state index in [-0.39, 0.29) is 70.9 Å². The Morgan fingerprint density at radius 2 is 1.27 bits per heavy atom. The van der Waals surface area contributed by atoms with Crippen LogP contribution in [0.5, 0.6) is 0 Å². The largest absolute Gasteiger partial charge is 0.412 e. The summed E-state index contributed by atoms with van der Waals surface area (Å²) in [6, 6.07) is 0. The van der Waals surface area contributed by atoms with E-state index in [1.807, 2.05) is 0 Å². The van der Waals surface area contributed by atoms with E-state index in [1.165, 1.54) is 0 Å². The number of hydrogen-bond acceptors (Lipinski definition) is 10. The van der Waals surface area contributed by atoms with Gasteiger partial charge in [0.25, 0.3) is 0 Å². The third kappa shape index (κ3) is 12.4. The zero-order valence-corrected chi connectivity index (χ0v) is 17.2. The summed E-state index contributed by atoms with van der Waals surface area (Å²) >= 11 is 0. The van der Waals surface area contributed by atoms with Gasteiger partial charge in [-0.25, -0.2) is 0 Å². The van der Waals surface area contributed by atoms with Gasteiger partial charge in [0.2, 0.25) is 0 Å². The predicted molar refractivity (Wildman–Crippen MR) is 109 cm³/mol. The predicted octanol–water partition coefficient (Wildman–Crippen LogP) is -3.28. The van der Waals surface area contributed by atoms with Crippen LogP contribution in [0.1, 0.15) is 41.4 Å². The highest BCUT2D eigenvalue weighted by Gasteiger charge is 2.36. The van der Waals surface area contributed by atoms with Crippen molar-refractivity contribution in [1.82, 2.24) is 0 Å². The maximum Gasteiger partial charge on any atom is 0.183 e. The molecule has 0 aromatic carbocycles. The lowest BCUT2D eigenvalue weighted by molar-refractivity contribution is -0.152. The lowest BCUT2D eigenvalue weighted by atomic mass is 10.1. The first kappa shape index (κ1) is 31.7. The van der Waals surface area contributed by atoms with Crippen LogP contribution in [-0.4, -0.2) is 123 Å². The molecule has 7 atom stereocenters. The van der Waals surface area contributed by atoms with Crippen molar-refractivity contribution in [3.8, 4) is 0 Å². The van der Waals surface area contributed by atoms with Crippen LogP contribution in [0, 0.1) is 0 Å². The molecule has 0 aromatic heterocycles. The molecule has 0 aliphatic carbocycles. The molecule has 0 saturated carbocycles. The summed E-state index contributed by atoms with van der Waals surface area (Å²) in [7, 11) is 0. The minimum Gasteiger partial charge on any atom is -0.412 e. The molecule has 0 spiro atoms. The van der Waals surface area contributed by atoms with E-state index >= 15 is 0 Å². The third-order valence-electron chi connectivity index (χ3n) is 4.73. The van der Waals surface area contributed by atoms with Crippen molar-refractivity contribution in [3.05, 3.63) is 0 Å². The van der Waals surface area contributed by atoms with Crippen LogP contribution in [0.15, 0.2) is 0 Å². The quantitative estimate of drug-likeness (QED) is 0.203. The smallest absolute Gasteiger partial charge is 0.183 e. The number of ether oxygens (including phenoxy) is 3. The van der Waals surface area contributed by atoms with Crippen LogP contribution in [0.2, 0.25) is 0 Å². The van der Waals surface area contributed by atoms with Crippen molar-refractivity contribution >= 4 is 0 Å². The van der Waals surface area contributed by atoms with Gasteiger partial charge in [0, 0.05) is 2.85 Å². The Hall–Kier alpha value is -0.480. The molecule has 12 nitrogen and oxygen atoms in total. The van der Waals surface area contributed by atoms with E-state index in [0.717, 1.165) is 25.7 Å². The second-order valence-electron chi connectivity index (χ2n) is 7.18. The first-order valence-electron chi connectivity index (χ1n) is 9.83. The Balaban J connectivity index is -0.000000173. The zero-order chi connectivity index (χ0) is 20.9. The average Bonchev–Trinajstić information content (AvgIpc) is 3.36. The second kappa shape index (κ2) is 18.1. The van der Waals surface area contributed by atoms with Crippen molar-refractivity contribution < 1.29 is 63.8 Å². The summed E-state index contributed by atoms with van der Waals surface area (Å²) in [5.74, 6) is 0. The summed E-state index contributed by atoms with van der Waals surface area (Å²) in [6.07, 6.45) is 2.12. The van der Waals surface area contributed by atoms with Crippen LogP contribution < -0.4 is 0 Å². The number of aliphatic hydroxyl groups is 7. The first-order valence-corrected chi connectivity index (χ1v) is 9.83. The van der Waals surface area contributed by atoms with Gasteiger partial charge in [0.1, 0.15) is 6.10 Å². The lowest BCUT2D eigenvalue weighted by Crippen LogP contribution is -2.32. The SMILES string of the molecule is O.O.OC1CCC2COC1O2.OCC(O)CCC(O)CO.OCC1CCC(CO)O1.[HH].[HH]. The molecule has 30 heavy (non-hydrogen) atoms. The summed E-state index contributed by atoms with van der Waals surface area (Å²) in [5.41, 5.74) is 0. The van der Waals surface area contributed by atoms with Crippen LogP contribution in [0.4, 0.5) is 0 Å². The summed E-state index contributed by atoms with van der Waals surface area (Å²) < 4.78 is 15.5. The minimum absolute atomic E-state index is 0. The van der Waals surface area contributed by atoms with Gasteiger partial charge < -0.3 is 60.9 Å². The Bertz CT molecular complexity index is 376. The van der Waals surface area contributed by atoms with Crippen LogP contribution in [0.25, 0.3) is 0 Å². The minimum atomic E-state index is -0.777. The van der Waals surface area contributed by atoms with E-state index in [4.69, 9.17) is 50.0 Å². The van der Waals surface area contributed by atoms with Gasteiger partial charge in [-0.1, -0.05) is 0 Å². The molecule has 2 bridgehead atoms. The molecule has 11 N–H and O–H groups in total. The molecule has 3 saturated heterocycles. The van der Waals surface area contributed by atoms with Gasteiger partial charge in [0.05, 0.1) is 63.6 Å². The van der Waals surface area contributed by atoms with Gasteiger partial charge in [-0.15, -0.1) is 0 Å². The Kier molecular flexibility index (Phi) is 19.2. The topological polar surface area (TPSA) is 232 Å². The maximum atomic E-state index is 9.15. The van der Waals surface area contributed by atoms with E-state index in [9.17, 15) is 0 Å². The average molecular weight is 453 g/mol. The molecule has 3 fully saturated rings. The summed E-state index contributed by atoms with van der Waals surface area (Å²) in [6.45, 7) is 0.241. The fourth-order valence-electron chi connectivity index (χ4n) is 2.93. The second-order valence-corrected chi connectivity index (χ2v) is 7.18. The van der Waals surface area contributed by atoms with E-state index in [2.05, 4.69) is 0 Å². The van der Waals surface area contributed by atoms with Gasteiger partial charge in [0.15, 0.2) is 6.29 Å². The summed E-state index contributed by atoms with van der Waals surface area (Å²) in [4.78, 5) is 0. The van der Waals surface area contributed by atoms with Crippen LogP contribution in [-0.2, 0) is 14.2 Å². The zero-order valence-electron chi connectivity index (χ0n) is 17.2. The first-order chi connectivity index (χ1) is 13.4. The maximum absolute atomic E-state index is 9.15. The Morgan fingerprint density at radius 1 is 0.767 bits per heavy atom. The molecule has 12 heteroatoms. The highest BCUT2D eigenvalue weighted by atomic mass is 16.7. The molecule has 188 valence electrons. The highest BCUT2D eigenvalue weighted by molar-refractivity contribution is 4.78. The number of aliphatic hydroxyl groups excluding tert-OH is 7. The number of rotatable bonds is 7. The Morgan fingerprint density at radius 3 is 1.63 bits per heavy atom. The van der Waals surface area contributed by atoms with Crippen molar-refractivity contribution in [2.75, 3.05) is 33.0 Å². The monoisotopic (exact) mass is 452 g/mol. The molecular weight excluding hydrogens is 408 g/mol. The fourth-order valence-corrected chi connectivity index (χ4v) is 2.93. The van der Waals surface area contributed by atoms with E-state index < -0.39 is 12.2 Å².